The van der Waals surface area contributed by atoms with Crippen LogP contribution in [-0.4, -0.2) is 413 Å². The number of aliphatic hydroxyl groups excluding tert-OH is 12. The zero-order valence-electron chi connectivity index (χ0n) is 78.6. The molecule has 3 heterocycles. The maximum absolute atomic E-state index is 13.0. The number of hydrogen-bond acceptors (Lipinski definition) is 45. The Morgan fingerprint density at radius 3 is 0.812 bits per heavy atom. The van der Waals surface area contributed by atoms with E-state index in [0.717, 1.165) is 0 Å². The molecule has 782 valence electrons. The van der Waals surface area contributed by atoms with E-state index in [1.54, 1.807) is 18.6 Å². The minimum absolute atomic E-state index is 0. The first-order chi connectivity index (χ1) is 62.8. The summed E-state index contributed by atoms with van der Waals surface area (Å²) in [6, 6.07) is 0. The van der Waals surface area contributed by atoms with Crippen LogP contribution in [0.5, 0.6) is 0 Å². The van der Waals surface area contributed by atoms with Crippen LogP contribution >= 0.6 is 0 Å². The Bertz CT molecular complexity index is 2720. The van der Waals surface area contributed by atoms with E-state index in [1.807, 2.05) is 13.8 Å². The number of aliphatic hydroxyl groups is 12. The molecule has 0 bridgehead atoms. The molecular formula is C87H168N10O36. The SMILES string of the molecule is CC(C)C(COCCC(=O)CCCCCC(=O)CC/C(N)=C/NCCOCCOCCOCCO[C@H]1OC(CO)[C@@H](O)[C@H](O)C1O)(COCCC(=O)CCCCCC(=O)CC/C(N)=C/NCCOCCOCCOCCO[C@H]1OC(CO)[C@@H](O)[C@H](O)C1O)COCCC(=O)NCCCCC(=O)CC/C(N)=C/NCCOCCOCCOCCO[C@H]1OC(CO)[C@@H](O)[C@H](O)C1O.N.N.N. The molecule has 3 aliphatic rings. The molecule has 3 saturated heterocycles. The van der Waals surface area contributed by atoms with Crippen molar-refractivity contribution >= 4 is 34.8 Å². The molecule has 0 spiro atoms. The molecule has 46 nitrogen and oxygen atoms in total. The molecule has 0 aromatic heterocycles. The number of nitrogens with one attached hydrogen (secondary N) is 4. The Kier molecular flexibility index (Phi) is 78.0. The van der Waals surface area contributed by atoms with Crippen molar-refractivity contribution in [1.82, 2.24) is 39.7 Å². The number of carbonyl (C=O) groups excluding carboxylic acids is 6. The summed E-state index contributed by atoms with van der Waals surface area (Å²) in [7, 11) is 0. The highest BCUT2D eigenvalue weighted by atomic mass is 16.7. The Morgan fingerprint density at radius 1 is 0.293 bits per heavy atom. The van der Waals surface area contributed by atoms with E-state index in [-0.39, 0.29) is 184 Å². The molecule has 0 aliphatic carbocycles. The van der Waals surface area contributed by atoms with Crippen molar-refractivity contribution in [3.8, 4) is 0 Å². The number of ether oxygens (including phenoxy) is 18. The first kappa shape index (κ1) is 128. The zero-order chi connectivity index (χ0) is 95.2. The fourth-order valence-electron chi connectivity index (χ4n) is 13.0. The molecule has 31 N–H and O–H groups in total. The van der Waals surface area contributed by atoms with Gasteiger partial charge in [0, 0.05) is 138 Å². The molecular weight excluding hydrogens is 1760 g/mol. The van der Waals surface area contributed by atoms with E-state index in [2.05, 4.69) is 21.3 Å². The maximum Gasteiger partial charge on any atom is 0.222 e. The molecule has 3 fully saturated rings. The van der Waals surface area contributed by atoms with Crippen molar-refractivity contribution in [2.45, 2.75) is 247 Å². The normalized spacial score (nSPS) is 22.7. The van der Waals surface area contributed by atoms with Crippen LogP contribution in [0.4, 0.5) is 0 Å². The molecule has 0 radical (unpaired) electrons. The van der Waals surface area contributed by atoms with E-state index in [0.29, 0.717) is 238 Å². The van der Waals surface area contributed by atoms with Gasteiger partial charge in [0.05, 0.1) is 198 Å². The standard InChI is InChI=1S/C87H159N7O36.3H3N/c1-62(2)87(59-122-29-22-69(101)13-7-3-5-11-66(98)19-16-63(88)53-91-26-32-113-35-38-116-41-44-119-47-50-125-84-81(110)78(107)75(104)71(56-95)128-84,60-123-30-23-70(102)14-8-4-6-12-67(99)20-17-64(89)54-92-27-33-114-36-39-117-42-45-120-48-51-126-85-82(111)79(108)76(105)72(57-96)129-85)61-124-31-24-74(103)94-25-10-9-15-68(100)21-18-65(90)55-93-28-34-115-37-40-118-43-46-121-49-52-127-86-83(112)80(109)77(106)73(58-97)130-86;;;/h53-55,62,71-73,75-86,91-93,95-97,104-112H,3-52,56-61,88-90H2,1-2H3,(H,94,103);3*1H3/b63-53-,64-54-,65-55-;;;/t71?,72?,73?,75-,76-,77-,78+,79+,80+,81?,82?,83?,84+,85+,86+,87?;;;/m1.../s1. The van der Waals surface area contributed by atoms with Crippen molar-refractivity contribution in [3.63, 3.8) is 0 Å². The summed E-state index contributed by atoms with van der Waals surface area (Å²) in [5.41, 5.74) is 19.3. The number of allylic oxidation sites excluding steroid dienone is 3. The van der Waals surface area contributed by atoms with Crippen LogP contribution in [0.25, 0.3) is 0 Å². The van der Waals surface area contributed by atoms with Crippen LogP contribution in [0.2, 0.25) is 0 Å². The summed E-state index contributed by atoms with van der Waals surface area (Å²) in [6.45, 7) is 10.7. The van der Waals surface area contributed by atoms with Crippen LogP contribution in [0.15, 0.2) is 35.7 Å². The van der Waals surface area contributed by atoms with Gasteiger partial charge in [-0.25, -0.2) is 0 Å². The van der Waals surface area contributed by atoms with Crippen molar-refractivity contribution in [3.05, 3.63) is 35.7 Å². The largest absolute Gasteiger partial charge is 0.401 e. The number of unbranched alkanes of at least 4 members (excludes halogenated alkanes) is 5. The van der Waals surface area contributed by atoms with Crippen LogP contribution in [-0.2, 0) is 114 Å². The van der Waals surface area contributed by atoms with Crippen LogP contribution in [0, 0.1) is 11.3 Å². The smallest absolute Gasteiger partial charge is 0.222 e. The van der Waals surface area contributed by atoms with Crippen molar-refractivity contribution in [1.29, 1.82) is 0 Å². The number of Topliss-reactive ketones (excluding diaryl/α,β-unsaturated/α-hetero) is 5. The molecule has 0 aromatic rings. The lowest BCUT2D eigenvalue weighted by Gasteiger charge is -2.39. The lowest BCUT2D eigenvalue weighted by atomic mass is 9.79. The third kappa shape index (κ3) is 60.2. The van der Waals surface area contributed by atoms with Gasteiger partial charge in [0.1, 0.15) is 102 Å². The van der Waals surface area contributed by atoms with Crippen LogP contribution < -0.4 is 56.9 Å². The molecule has 0 aromatic carbocycles. The fourth-order valence-corrected chi connectivity index (χ4v) is 13.0. The second kappa shape index (κ2) is 81.4. The number of amides is 1. The predicted molar refractivity (Wildman–Crippen MR) is 482 cm³/mol. The van der Waals surface area contributed by atoms with Gasteiger partial charge < -0.3 is 203 Å². The Labute approximate surface area is 782 Å². The van der Waals surface area contributed by atoms with Gasteiger partial charge in [-0.3, -0.25) is 28.8 Å². The van der Waals surface area contributed by atoms with Gasteiger partial charge in [-0.2, -0.15) is 0 Å². The zero-order valence-corrected chi connectivity index (χ0v) is 78.6. The number of hydrogen-bond donors (Lipinski definition) is 22. The van der Waals surface area contributed by atoms with E-state index < -0.39 is 117 Å². The summed E-state index contributed by atoms with van der Waals surface area (Å²) in [6.07, 6.45) is -5.91. The molecule has 133 heavy (non-hydrogen) atoms. The molecule has 3 aliphatic heterocycles. The van der Waals surface area contributed by atoms with Gasteiger partial charge in [-0.1, -0.05) is 26.7 Å². The second-order valence-corrected chi connectivity index (χ2v) is 32.3. The fraction of sp³-hybridized carbons (Fsp3) is 0.862. The van der Waals surface area contributed by atoms with E-state index in [4.69, 9.17) is 102 Å². The second-order valence-electron chi connectivity index (χ2n) is 32.3. The first-order valence-corrected chi connectivity index (χ1v) is 45.9. The van der Waals surface area contributed by atoms with Gasteiger partial charge in [0.2, 0.25) is 5.91 Å². The summed E-state index contributed by atoms with van der Waals surface area (Å²) < 4.78 is 100. The molecule has 3 rings (SSSR count). The van der Waals surface area contributed by atoms with Gasteiger partial charge in [-0.05, 0) is 63.7 Å². The summed E-state index contributed by atoms with van der Waals surface area (Å²) in [4.78, 5) is 77.1. The third-order valence-electron chi connectivity index (χ3n) is 21.4. The quantitative estimate of drug-likeness (QED) is 0.0279. The van der Waals surface area contributed by atoms with Gasteiger partial charge in [-0.15, -0.1) is 0 Å². The summed E-state index contributed by atoms with van der Waals surface area (Å²) >= 11 is 0. The Balaban J connectivity index is 0.0000581. The lowest BCUT2D eigenvalue weighted by molar-refractivity contribution is -0.302. The van der Waals surface area contributed by atoms with Crippen molar-refractivity contribution in [2.75, 3.05) is 224 Å². The van der Waals surface area contributed by atoms with E-state index >= 15 is 0 Å². The molecule has 0 saturated carbocycles. The number of rotatable bonds is 87. The highest BCUT2D eigenvalue weighted by molar-refractivity contribution is 5.80. The average Bonchev–Trinajstić information content (AvgIpc) is 0.816. The summed E-state index contributed by atoms with van der Waals surface area (Å²) in [5.74, 6) is 0.00795. The van der Waals surface area contributed by atoms with Crippen LogP contribution in [0.1, 0.15) is 155 Å². The Morgan fingerprint density at radius 2 is 0.541 bits per heavy atom. The van der Waals surface area contributed by atoms with Gasteiger partial charge >= 0.3 is 0 Å². The minimum atomic E-state index is -1.52. The molecule has 46 heteroatoms. The van der Waals surface area contributed by atoms with E-state index in [9.17, 15) is 90.0 Å². The highest BCUT2D eigenvalue weighted by Gasteiger charge is 2.47. The van der Waals surface area contributed by atoms with Crippen molar-refractivity contribution < 1.29 is 175 Å². The first-order valence-electron chi connectivity index (χ1n) is 45.9. The van der Waals surface area contributed by atoms with Gasteiger partial charge in [0.15, 0.2) is 18.9 Å². The highest BCUT2D eigenvalue weighted by Crippen LogP contribution is 2.31. The lowest BCUT2D eigenvalue weighted by Crippen LogP contribution is -2.59. The minimum Gasteiger partial charge on any atom is -0.401 e. The van der Waals surface area contributed by atoms with E-state index in [1.165, 1.54) is 0 Å². The number of ketones is 5. The van der Waals surface area contributed by atoms with Gasteiger partial charge in [0.25, 0.3) is 0 Å². The molecule has 15 atom stereocenters. The number of carbonyl (C=O) groups is 6. The Hall–Kier alpha value is -5.48. The van der Waals surface area contributed by atoms with Crippen LogP contribution in [0.3, 0.4) is 0 Å². The van der Waals surface area contributed by atoms with Crippen molar-refractivity contribution in [2.24, 2.45) is 28.5 Å². The average molecular weight is 1930 g/mol. The number of nitrogens with two attached hydrogens (primary N) is 3. The molecule has 1 amide bonds. The monoisotopic (exact) mass is 1930 g/mol. The topological polar surface area (TPSA) is 743 Å². The maximum atomic E-state index is 13.0. The third-order valence-corrected chi connectivity index (χ3v) is 21.4. The predicted octanol–water partition coefficient (Wildman–Crippen LogP) is -2.52. The summed E-state index contributed by atoms with van der Waals surface area (Å²) in [5, 5.41) is 129. The molecule has 6 unspecified atom stereocenters.